The van der Waals surface area contributed by atoms with E-state index in [0.717, 1.165) is 8.04 Å². The van der Waals surface area contributed by atoms with Gasteiger partial charge in [-0.1, -0.05) is 11.6 Å². The van der Waals surface area contributed by atoms with Crippen molar-refractivity contribution in [3.8, 4) is 0 Å². The van der Waals surface area contributed by atoms with Crippen molar-refractivity contribution in [2.24, 2.45) is 0 Å². The third-order valence-electron chi connectivity index (χ3n) is 0.800. The molecule has 9 heavy (non-hydrogen) atoms. The van der Waals surface area contributed by atoms with Crippen LogP contribution in [-0.4, -0.2) is 4.98 Å². The molecule has 0 fully saturated rings. The average Bonchev–Trinajstić information content (AvgIpc) is 1.83. The highest BCUT2D eigenvalue weighted by Gasteiger charge is 1.99. The van der Waals surface area contributed by atoms with E-state index in [1.807, 2.05) is 6.07 Å². The molecule has 48 valence electrons. The number of hydrogen-bond donors (Lipinski definition) is 0. The van der Waals surface area contributed by atoms with Gasteiger partial charge in [0.2, 0.25) is 0 Å². The molecule has 0 atom stereocenters. The Bertz CT molecular complexity index is 208. The molecule has 1 heterocycles. The number of pyridine rings is 1. The Hall–Kier alpha value is 0.650. The monoisotopic (exact) mass is 317 g/mol. The summed E-state index contributed by atoms with van der Waals surface area (Å²) in [4.78, 5) is 3.85. The van der Waals surface area contributed by atoms with E-state index in [0.29, 0.717) is 5.15 Å². The van der Waals surface area contributed by atoms with Crippen molar-refractivity contribution in [3.63, 3.8) is 0 Å². The van der Waals surface area contributed by atoms with E-state index in [2.05, 4.69) is 43.5 Å². The van der Waals surface area contributed by atoms with Crippen LogP contribution >= 0.6 is 50.1 Å². The second-order valence-electron chi connectivity index (χ2n) is 1.40. The topological polar surface area (TPSA) is 12.9 Å². The molecule has 0 radical (unpaired) electrons. The number of rotatable bonds is 0. The van der Waals surface area contributed by atoms with Gasteiger partial charge >= 0.3 is 0 Å². The first-order chi connectivity index (χ1) is 4.22. The molecular weight excluding hydrogens is 316 g/mol. The summed E-state index contributed by atoms with van der Waals surface area (Å²) in [6.07, 6.45) is 1.68. The Morgan fingerprint density at radius 2 is 2.33 bits per heavy atom. The Kier molecular flexibility index (Phi) is 2.73. The van der Waals surface area contributed by atoms with Crippen LogP contribution in [0.15, 0.2) is 16.7 Å². The fourth-order valence-corrected chi connectivity index (χ4v) is 1.36. The number of nitrogens with zero attached hydrogens (tertiary/aromatic N) is 1. The van der Waals surface area contributed by atoms with Gasteiger partial charge in [0.25, 0.3) is 0 Å². The lowest BCUT2D eigenvalue weighted by Crippen LogP contribution is -1.78. The molecule has 0 saturated heterocycles. The number of aromatic nitrogens is 1. The lowest BCUT2D eigenvalue weighted by atomic mass is 10.5. The quantitative estimate of drug-likeness (QED) is 0.529. The molecule has 1 aromatic rings. The SMILES string of the molecule is Clc1nccc(I)c1Br. The second kappa shape index (κ2) is 3.16. The molecule has 0 bridgehead atoms. The predicted molar refractivity (Wildman–Crippen MR) is 49.7 cm³/mol. The Morgan fingerprint density at radius 3 is 2.78 bits per heavy atom. The van der Waals surface area contributed by atoms with Gasteiger partial charge in [0.15, 0.2) is 0 Å². The zero-order valence-corrected chi connectivity index (χ0v) is 8.74. The minimum Gasteiger partial charge on any atom is -0.243 e. The Morgan fingerprint density at radius 1 is 1.67 bits per heavy atom. The highest BCUT2D eigenvalue weighted by Crippen LogP contribution is 2.24. The lowest BCUT2D eigenvalue weighted by molar-refractivity contribution is 1.29. The van der Waals surface area contributed by atoms with Crippen molar-refractivity contribution in [2.45, 2.75) is 0 Å². The van der Waals surface area contributed by atoms with E-state index < -0.39 is 0 Å². The van der Waals surface area contributed by atoms with Gasteiger partial charge < -0.3 is 0 Å². The first-order valence-corrected chi connectivity index (χ1v) is 4.42. The smallest absolute Gasteiger partial charge is 0.144 e. The van der Waals surface area contributed by atoms with Gasteiger partial charge in [0, 0.05) is 9.77 Å². The maximum Gasteiger partial charge on any atom is 0.144 e. The molecule has 0 aliphatic rings. The van der Waals surface area contributed by atoms with Gasteiger partial charge in [0.05, 0.1) is 4.47 Å². The summed E-state index contributed by atoms with van der Waals surface area (Å²) in [6, 6.07) is 1.89. The molecular formula is C5H2BrClIN. The van der Waals surface area contributed by atoms with Crippen LogP contribution in [-0.2, 0) is 0 Å². The second-order valence-corrected chi connectivity index (χ2v) is 3.71. The van der Waals surface area contributed by atoms with Gasteiger partial charge in [0.1, 0.15) is 5.15 Å². The largest absolute Gasteiger partial charge is 0.243 e. The predicted octanol–water partition coefficient (Wildman–Crippen LogP) is 3.10. The van der Waals surface area contributed by atoms with E-state index in [-0.39, 0.29) is 0 Å². The van der Waals surface area contributed by atoms with Crippen molar-refractivity contribution < 1.29 is 0 Å². The third-order valence-corrected chi connectivity index (χ3v) is 3.76. The summed E-state index contributed by atoms with van der Waals surface area (Å²) in [7, 11) is 0. The van der Waals surface area contributed by atoms with Crippen molar-refractivity contribution >= 4 is 50.1 Å². The Labute approximate surface area is 80.1 Å². The highest BCUT2D eigenvalue weighted by molar-refractivity contribution is 14.1. The maximum absolute atomic E-state index is 5.65. The summed E-state index contributed by atoms with van der Waals surface area (Å²) < 4.78 is 1.94. The molecule has 1 rings (SSSR count). The first-order valence-electron chi connectivity index (χ1n) is 2.17. The number of hydrogen-bond acceptors (Lipinski definition) is 1. The van der Waals surface area contributed by atoms with Crippen LogP contribution in [0.1, 0.15) is 0 Å². The molecule has 0 saturated carbocycles. The van der Waals surface area contributed by atoms with Crippen molar-refractivity contribution in [3.05, 3.63) is 25.5 Å². The zero-order chi connectivity index (χ0) is 6.85. The highest BCUT2D eigenvalue weighted by atomic mass is 127. The van der Waals surface area contributed by atoms with Gasteiger partial charge in [-0.2, -0.15) is 0 Å². The zero-order valence-electron chi connectivity index (χ0n) is 4.24. The molecule has 4 heteroatoms. The van der Waals surface area contributed by atoms with E-state index in [1.54, 1.807) is 6.20 Å². The first kappa shape index (κ1) is 7.75. The van der Waals surface area contributed by atoms with E-state index in [9.17, 15) is 0 Å². The minimum atomic E-state index is 0.516. The normalized spacial score (nSPS) is 9.67. The molecule has 0 aliphatic carbocycles. The van der Waals surface area contributed by atoms with Crippen LogP contribution in [0.5, 0.6) is 0 Å². The van der Waals surface area contributed by atoms with Crippen molar-refractivity contribution in [1.82, 2.24) is 4.98 Å². The van der Waals surface area contributed by atoms with Crippen LogP contribution in [0.25, 0.3) is 0 Å². The van der Waals surface area contributed by atoms with Crippen LogP contribution < -0.4 is 0 Å². The van der Waals surface area contributed by atoms with Crippen molar-refractivity contribution in [1.29, 1.82) is 0 Å². The number of halogens is 3. The third kappa shape index (κ3) is 1.78. The van der Waals surface area contributed by atoms with Crippen molar-refractivity contribution in [2.75, 3.05) is 0 Å². The fourth-order valence-electron chi connectivity index (χ4n) is 0.397. The molecule has 1 nitrogen and oxygen atoms in total. The molecule has 0 amide bonds. The molecule has 1 aromatic heterocycles. The summed E-state index contributed by atoms with van der Waals surface area (Å²) in [5.74, 6) is 0. The molecule has 0 aliphatic heterocycles. The lowest BCUT2D eigenvalue weighted by Gasteiger charge is -1.94. The van der Waals surface area contributed by atoms with Gasteiger partial charge in [-0.15, -0.1) is 0 Å². The van der Waals surface area contributed by atoms with E-state index in [4.69, 9.17) is 11.6 Å². The van der Waals surface area contributed by atoms with Crippen LogP contribution in [0.4, 0.5) is 0 Å². The Balaban J connectivity index is 3.25. The fraction of sp³-hybridized carbons (Fsp3) is 0. The molecule has 0 spiro atoms. The maximum atomic E-state index is 5.65. The van der Waals surface area contributed by atoms with E-state index in [1.165, 1.54) is 0 Å². The van der Waals surface area contributed by atoms with E-state index >= 15 is 0 Å². The van der Waals surface area contributed by atoms with Crippen LogP contribution in [0.3, 0.4) is 0 Å². The van der Waals surface area contributed by atoms with Gasteiger partial charge in [-0.05, 0) is 44.6 Å². The summed E-state index contributed by atoms with van der Waals surface area (Å²) in [5, 5.41) is 0.516. The van der Waals surface area contributed by atoms with Gasteiger partial charge in [-0.25, -0.2) is 4.98 Å². The minimum absolute atomic E-state index is 0.516. The van der Waals surface area contributed by atoms with Crippen LogP contribution in [0.2, 0.25) is 5.15 Å². The average molecular weight is 318 g/mol. The van der Waals surface area contributed by atoms with Gasteiger partial charge in [-0.3, -0.25) is 0 Å². The standard InChI is InChI=1S/C5H2BrClIN/c6-4-3(8)1-2-9-5(4)7/h1-2H. The summed E-state index contributed by atoms with van der Waals surface area (Å²) in [5.41, 5.74) is 0. The molecule has 0 N–H and O–H groups in total. The molecule has 0 unspecified atom stereocenters. The van der Waals surface area contributed by atoms with Crippen LogP contribution in [0, 0.1) is 3.57 Å². The summed E-state index contributed by atoms with van der Waals surface area (Å²) in [6.45, 7) is 0. The molecule has 0 aromatic carbocycles. The summed E-state index contributed by atoms with van der Waals surface area (Å²) >= 11 is 11.1.